The minimum Gasteiger partial charge on any atom is -0.496 e. The van der Waals surface area contributed by atoms with E-state index in [2.05, 4.69) is 5.32 Å². The predicted molar refractivity (Wildman–Crippen MR) is 73.4 cm³/mol. The number of benzene rings is 1. The molecule has 1 aromatic carbocycles. The van der Waals surface area contributed by atoms with Crippen molar-refractivity contribution in [3.63, 3.8) is 0 Å². The highest BCUT2D eigenvalue weighted by molar-refractivity contribution is 6.30. The van der Waals surface area contributed by atoms with Gasteiger partial charge in [0.15, 0.2) is 0 Å². The third-order valence-electron chi connectivity index (χ3n) is 3.16. The Bertz CT molecular complexity index is 444. The number of carbonyl (C=O) groups excluding carboxylic acids is 1. The number of amides is 1. The van der Waals surface area contributed by atoms with Crippen LogP contribution in [-0.4, -0.2) is 25.7 Å². The molecular formula is C14H18ClNO3. The lowest BCUT2D eigenvalue weighted by molar-refractivity contribution is -0.123. The number of ether oxygens (including phenoxy) is 2. The molecule has 1 heterocycles. The monoisotopic (exact) mass is 283 g/mol. The first-order valence-corrected chi connectivity index (χ1v) is 6.77. The van der Waals surface area contributed by atoms with E-state index in [0.29, 0.717) is 18.0 Å². The van der Waals surface area contributed by atoms with E-state index in [1.807, 2.05) is 0 Å². The van der Waals surface area contributed by atoms with Crippen LogP contribution in [0.25, 0.3) is 0 Å². The molecule has 4 nitrogen and oxygen atoms in total. The van der Waals surface area contributed by atoms with Crippen LogP contribution < -0.4 is 10.1 Å². The summed E-state index contributed by atoms with van der Waals surface area (Å²) in [6.45, 7) is 1.18. The molecule has 5 heteroatoms. The van der Waals surface area contributed by atoms with Gasteiger partial charge in [0.2, 0.25) is 5.91 Å². The van der Waals surface area contributed by atoms with E-state index < -0.39 is 0 Å². The number of nitrogens with one attached hydrogen (secondary N) is 1. The lowest BCUT2D eigenvalue weighted by Crippen LogP contribution is -2.26. The Morgan fingerprint density at radius 3 is 3.11 bits per heavy atom. The van der Waals surface area contributed by atoms with Gasteiger partial charge in [-0.05, 0) is 31.0 Å². The van der Waals surface area contributed by atoms with Crippen LogP contribution >= 0.6 is 11.6 Å². The molecule has 0 spiro atoms. The summed E-state index contributed by atoms with van der Waals surface area (Å²) in [7, 11) is 1.60. The van der Waals surface area contributed by atoms with Crippen LogP contribution in [0.1, 0.15) is 24.8 Å². The molecule has 2 rings (SSSR count). The van der Waals surface area contributed by atoms with Crippen LogP contribution in [0.5, 0.6) is 5.75 Å². The average Bonchev–Trinajstić information content (AvgIpc) is 2.89. The SMILES string of the molecule is COc1ccc(Cl)cc1CNC(=O)C[C@H]1CCCO1. The second kappa shape index (κ2) is 6.78. The van der Waals surface area contributed by atoms with Gasteiger partial charge in [0.05, 0.1) is 19.6 Å². The molecule has 1 amide bonds. The summed E-state index contributed by atoms with van der Waals surface area (Å²) < 4.78 is 10.7. The molecule has 1 atom stereocenters. The molecule has 0 bridgehead atoms. The van der Waals surface area contributed by atoms with Gasteiger partial charge in [0.25, 0.3) is 0 Å². The Balaban J connectivity index is 1.87. The van der Waals surface area contributed by atoms with Crippen molar-refractivity contribution in [2.75, 3.05) is 13.7 Å². The second-order valence-electron chi connectivity index (χ2n) is 4.57. The van der Waals surface area contributed by atoms with Crippen LogP contribution in [-0.2, 0) is 16.1 Å². The van der Waals surface area contributed by atoms with Crippen LogP contribution in [0.2, 0.25) is 5.02 Å². The molecule has 0 unspecified atom stereocenters. The Labute approximate surface area is 118 Å². The highest BCUT2D eigenvalue weighted by atomic mass is 35.5. The quantitative estimate of drug-likeness (QED) is 0.903. The number of hydrogen-bond donors (Lipinski definition) is 1. The number of carbonyl (C=O) groups is 1. The second-order valence-corrected chi connectivity index (χ2v) is 5.01. The molecule has 19 heavy (non-hydrogen) atoms. The standard InChI is InChI=1S/C14H18ClNO3/c1-18-13-5-4-11(15)7-10(13)9-16-14(17)8-12-3-2-6-19-12/h4-5,7,12H,2-3,6,8-9H2,1H3,(H,16,17)/t12-/m1/s1. The minimum absolute atomic E-state index is 0.00562. The Morgan fingerprint density at radius 1 is 1.58 bits per heavy atom. The molecule has 104 valence electrons. The zero-order valence-corrected chi connectivity index (χ0v) is 11.7. The van der Waals surface area contributed by atoms with Gasteiger partial charge >= 0.3 is 0 Å². The Morgan fingerprint density at radius 2 is 2.42 bits per heavy atom. The molecule has 1 aliphatic heterocycles. The van der Waals surface area contributed by atoms with Gasteiger partial charge in [0, 0.05) is 23.7 Å². The van der Waals surface area contributed by atoms with Gasteiger partial charge in [-0.2, -0.15) is 0 Å². The van der Waals surface area contributed by atoms with E-state index in [4.69, 9.17) is 21.1 Å². The lowest BCUT2D eigenvalue weighted by Gasteiger charge is -2.12. The van der Waals surface area contributed by atoms with Crippen LogP contribution in [0, 0.1) is 0 Å². The van der Waals surface area contributed by atoms with Crippen LogP contribution in [0.4, 0.5) is 0 Å². The van der Waals surface area contributed by atoms with E-state index in [-0.39, 0.29) is 12.0 Å². The molecule has 1 fully saturated rings. The maximum Gasteiger partial charge on any atom is 0.222 e. The van der Waals surface area contributed by atoms with Crippen molar-refractivity contribution < 1.29 is 14.3 Å². The van der Waals surface area contributed by atoms with E-state index in [1.54, 1.807) is 25.3 Å². The smallest absolute Gasteiger partial charge is 0.222 e. The van der Waals surface area contributed by atoms with Gasteiger partial charge < -0.3 is 14.8 Å². The summed E-state index contributed by atoms with van der Waals surface area (Å²) in [5.41, 5.74) is 0.871. The fourth-order valence-corrected chi connectivity index (χ4v) is 2.36. The Kier molecular flexibility index (Phi) is 5.05. The van der Waals surface area contributed by atoms with Crippen molar-refractivity contribution in [1.29, 1.82) is 0 Å². The molecule has 0 radical (unpaired) electrons. The van der Waals surface area contributed by atoms with Crippen LogP contribution in [0.3, 0.4) is 0 Å². The van der Waals surface area contributed by atoms with Crippen molar-refractivity contribution in [3.05, 3.63) is 28.8 Å². The zero-order chi connectivity index (χ0) is 13.7. The number of hydrogen-bond acceptors (Lipinski definition) is 3. The lowest BCUT2D eigenvalue weighted by atomic mass is 10.1. The van der Waals surface area contributed by atoms with Crippen molar-refractivity contribution in [1.82, 2.24) is 5.32 Å². The molecule has 0 aliphatic carbocycles. The molecule has 0 saturated carbocycles. The third kappa shape index (κ3) is 4.11. The normalized spacial score (nSPS) is 18.3. The molecule has 0 aromatic heterocycles. The number of rotatable bonds is 5. The van der Waals surface area contributed by atoms with Gasteiger partial charge in [0.1, 0.15) is 5.75 Å². The summed E-state index contributed by atoms with van der Waals surface area (Å²) in [4.78, 5) is 11.8. The number of halogens is 1. The first-order chi connectivity index (χ1) is 9.19. The fraction of sp³-hybridized carbons (Fsp3) is 0.500. The first-order valence-electron chi connectivity index (χ1n) is 6.40. The Hall–Kier alpha value is -1.26. The summed E-state index contributed by atoms with van der Waals surface area (Å²) in [6, 6.07) is 5.36. The predicted octanol–water partition coefficient (Wildman–Crippen LogP) is 2.53. The summed E-state index contributed by atoms with van der Waals surface area (Å²) in [5.74, 6) is 0.718. The summed E-state index contributed by atoms with van der Waals surface area (Å²) in [6.07, 6.45) is 2.50. The number of methoxy groups -OCH3 is 1. The van der Waals surface area contributed by atoms with Crippen molar-refractivity contribution in [2.24, 2.45) is 0 Å². The highest BCUT2D eigenvalue weighted by Crippen LogP contribution is 2.22. The highest BCUT2D eigenvalue weighted by Gasteiger charge is 2.19. The molecule has 1 saturated heterocycles. The van der Waals surface area contributed by atoms with E-state index in [9.17, 15) is 4.79 Å². The largest absolute Gasteiger partial charge is 0.496 e. The van der Waals surface area contributed by atoms with E-state index >= 15 is 0 Å². The molecule has 1 aliphatic rings. The van der Waals surface area contributed by atoms with Crippen molar-refractivity contribution in [3.8, 4) is 5.75 Å². The molecular weight excluding hydrogens is 266 g/mol. The zero-order valence-electron chi connectivity index (χ0n) is 10.9. The van der Waals surface area contributed by atoms with Gasteiger partial charge in [-0.1, -0.05) is 11.6 Å². The maximum atomic E-state index is 11.8. The maximum absolute atomic E-state index is 11.8. The fourth-order valence-electron chi connectivity index (χ4n) is 2.16. The average molecular weight is 284 g/mol. The van der Waals surface area contributed by atoms with Crippen molar-refractivity contribution in [2.45, 2.75) is 31.9 Å². The van der Waals surface area contributed by atoms with E-state index in [1.165, 1.54) is 0 Å². The molecule has 1 N–H and O–H groups in total. The van der Waals surface area contributed by atoms with E-state index in [0.717, 1.165) is 30.8 Å². The topological polar surface area (TPSA) is 47.6 Å². The van der Waals surface area contributed by atoms with Gasteiger partial charge in [-0.3, -0.25) is 4.79 Å². The van der Waals surface area contributed by atoms with Gasteiger partial charge in [-0.15, -0.1) is 0 Å². The molecule has 1 aromatic rings. The third-order valence-corrected chi connectivity index (χ3v) is 3.39. The summed E-state index contributed by atoms with van der Waals surface area (Å²) in [5, 5.41) is 3.50. The first kappa shape index (κ1) is 14.2. The minimum atomic E-state index is -0.00562. The van der Waals surface area contributed by atoms with Crippen molar-refractivity contribution >= 4 is 17.5 Å². The summed E-state index contributed by atoms with van der Waals surface area (Å²) >= 11 is 5.94. The van der Waals surface area contributed by atoms with Crippen LogP contribution in [0.15, 0.2) is 18.2 Å². The van der Waals surface area contributed by atoms with Gasteiger partial charge in [-0.25, -0.2) is 0 Å².